The third-order valence-corrected chi connectivity index (χ3v) is 8.24. The highest BCUT2D eigenvalue weighted by atomic mass is 32.2. The van der Waals surface area contributed by atoms with Crippen LogP contribution in [0.2, 0.25) is 0 Å². The first kappa shape index (κ1) is 23.3. The van der Waals surface area contributed by atoms with Gasteiger partial charge in [-0.15, -0.1) is 0 Å². The second-order valence-electron chi connectivity index (χ2n) is 9.06. The van der Waals surface area contributed by atoms with Crippen LogP contribution in [0.1, 0.15) is 18.1 Å². The third-order valence-electron chi connectivity index (χ3n) is 6.38. The number of hydrogen-bond donors (Lipinski definition) is 0. The van der Waals surface area contributed by atoms with Gasteiger partial charge in [0.1, 0.15) is 0 Å². The Labute approximate surface area is 206 Å². The maximum atomic E-state index is 13.5. The molecule has 1 aliphatic heterocycles. The average molecular weight is 489 g/mol. The summed E-state index contributed by atoms with van der Waals surface area (Å²) in [6, 6.07) is 22.9. The number of hydrogen-bond acceptors (Lipinski definition) is 6. The molecule has 0 radical (unpaired) electrons. The van der Waals surface area contributed by atoms with Crippen LogP contribution in [0.3, 0.4) is 0 Å². The Morgan fingerprint density at radius 1 is 0.886 bits per heavy atom. The maximum absolute atomic E-state index is 13.5. The highest BCUT2D eigenvalue weighted by molar-refractivity contribution is 7.89. The molecule has 2 heterocycles. The van der Waals surface area contributed by atoms with Gasteiger partial charge in [0.25, 0.3) is 5.89 Å². The monoisotopic (exact) mass is 488 g/mol. The molecule has 7 nitrogen and oxygen atoms in total. The van der Waals surface area contributed by atoms with E-state index < -0.39 is 10.0 Å². The standard InChI is InChI=1S/C27H28N4O3S/c1-19-10-12-22(13-11-19)26-28-27(34-29-26)23-7-5-9-25(17-23)35(32,33)30-14-15-31(21(3)18-30)24-8-4-6-20(2)16-24/h4-13,16-17,21H,14-15,18H2,1-3H3. The molecule has 0 saturated carbocycles. The fourth-order valence-corrected chi connectivity index (χ4v) is 5.99. The number of rotatable bonds is 5. The molecule has 1 atom stereocenters. The first-order valence-corrected chi connectivity index (χ1v) is 13.1. The van der Waals surface area contributed by atoms with Gasteiger partial charge in [0.15, 0.2) is 0 Å². The second kappa shape index (κ2) is 9.28. The van der Waals surface area contributed by atoms with Crippen LogP contribution in [-0.4, -0.2) is 48.5 Å². The number of benzene rings is 3. The first-order valence-electron chi connectivity index (χ1n) is 11.7. The molecule has 180 valence electrons. The molecule has 5 rings (SSSR count). The summed E-state index contributed by atoms with van der Waals surface area (Å²) >= 11 is 0. The Morgan fingerprint density at radius 2 is 1.66 bits per heavy atom. The number of sulfonamides is 1. The molecule has 1 saturated heterocycles. The molecule has 1 aromatic heterocycles. The molecule has 3 aromatic carbocycles. The lowest BCUT2D eigenvalue weighted by molar-refractivity contribution is 0.342. The molecule has 0 N–H and O–H groups in total. The Bertz CT molecular complexity index is 1450. The van der Waals surface area contributed by atoms with Crippen molar-refractivity contribution in [2.75, 3.05) is 24.5 Å². The minimum atomic E-state index is -3.67. The molecule has 1 aliphatic rings. The van der Waals surface area contributed by atoms with Gasteiger partial charge in [-0.25, -0.2) is 8.42 Å². The molecular formula is C27H28N4O3S. The van der Waals surface area contributed by atoms with E-state index >= 15 is 0 Å². The Morgan fingerprint density at radius 3 is 2.40 bits per heavy atom. The fraction of sp³-hybridized carbons (Fsp3) is 0.259. The van der Waals surface area contributed by atoms with Gasteiger partial charge in [-0.1, -0.05) is 53.2 Å². The van der Waals surface area contributed by atoms with E-state index in [1.54, 1.807) is 28.6 Å². The lowest BCUT2D eigenvalue weighted by atomic mass is 10.1. The fourth-order valence-electron chi connectivity index (χ4n) is 4.43. The van der Waals surface area contributed by atoms with Crippen LogP contribution in [0.5, 0.6) is 0 Å². The minimum absolute atomic E-state index is 0.0523. The van der Waals surface area contributed by atoms with Crippen molar-refractivity contribution in [1.29, 1.82) is 0 Å². The Hall–Kier alpha value is -3.49. The van der Waals surface area contributed by atoms with Crippen molar-refractivity contribution in [3.8, 4) is 22.8 Å². The van der Waals surface area contributed by atoms with Crippen LogP contribution in [0.25, 0.3) is 22.8 Å². The molecule has 1 unspecified atom stereocenters. The quantitative estimate of drug-likeness (QED) is 0.397. The molecule has 35 heavy (non-hydrogen) atoms. The van der Waals surface area contributed by atoms with Gasteiger partial charge >= 0.3 is 0 Å². The summed E-state index contributed by atoms with van der Waals surface area (Å²) in [7, 11) is -3.67. The summed E-state index contributed by atoms with van der Waals surface area (Å²) in [6.45, 7) is 7.61. The van der Waals surface area contributed by atoms with Crippen molar-refractivity contribution < 1.29 is 12.9 Å². The molecule has 0 spiro atoms. The summed E-state index contributed by atoms with van der Waals surface area (Å²) in [4.78, 5) is 6.97. The van der Waals surface area contributed by atoms with E-state index in [0.717, 1.165) is 16.8 Å². The molecule has 1 fully saturated rings. The molecule has 0 amide bonds. The van der Waals surface area contributed by atoms with Crippen molar-refractivity contribution in [2.45, 2.75) is 31.7 Å². The van der Waals surface area contributed by atoms with Crippen molar-refractivity contribution in [3.63, 3.8) is 0 Å². The number of aryl methyl sites for hydroxylation is 2. The van der Waals surface area contributed by atoms with E-state index in [1.165, 1.54) is 5.56 Å². The number of piperazine rings is 1. The van der Waals surface area contributed by atoms with E-state index in [0.29, 0.717) is 31.0 Å². The average Bonchev–Trinajstić information content (AvgIpc) is 3.35. The summed E-state index contributed by atoms with van der Waals surface area (Å²) < 4.78 is 34.1. The van der Waals surface area contributed by atoms with Crippen LogP contribution in [-0.2, 0) is 10.0 Å². The highest BCUT2D eigenvalue weighted by Crippen LogP contribution is 2.28. The van der Waals surface area contributed by atoms with Gasteiger partial charge in [-0.2, -0.15) is 9.29 Å². The van der Waals surface area contributed by atoms with Crippen LogP contribution in [0.4, 0.5) is 5.69 Å². The second-order valence-corrected chi connectivity index (χ2v) is 11.0. The lowest BCUT2D eigenvalue weighted by Gasteiger charge is -2.40. The topological polar surface area (TPSA) is 79.5 Å². The van der Waals surface area contributed by atoms with E-state index in [9.17, 15) is 8.42 Å². The van der Waals surface area contributed by atoms with Gasteiger partial charge in [-0.3, -0.25) is 0 Å². The van der Waals surface area contributed by atoms with Crippen LogP contribution >= 0.6 is 0 Å². The summed E-state index contributed by atoms with van der Waals surface area (Å²) in [5.74, 6) is 0.754. The van der Waals surface area contributed by atoms with E-state index in [2.05, 4.69) is 47.1 Å². The van der Waals surface area contributed by atoms with Crippen molar-refractivity contribution in [2.24, 2.45) is 0 Å². The van der Waals surface area contributed by atoms with Crippen molar-refractivity contribution in [1.82, 2.24) is 14.4 Å². The number of aromatic nitrogens is 2. The maximum Gasteiger partial charge on any atom is 0.258 e. The Balaban J connectivity index is 1.36. The molecule has 8 heteroatoms. The predicted molar refractivity (Wildman–Crippen MR) is 137 cm³/mol. The van der Waals surface area contributed by atoms with Gasteiger partial charge < -0.3 is 9.42 Å². The largest absolute Gasteiger partial charge is 0.366 e. The normalized spacial score (nSPS) is 17.0. The van der Waals surface area contributed by atoms with Gasteiger partial charge in [0.2, 0.25) is 15.8 Å². The van der Waals surface area contributed by atoms with E-state index in [-0.39, 0.29) is 16.8 Å². The van der Waals surface area contributed by atoms with Gasteiger partial charge in [0.05, 0.1) is 4.90 Å². The summed E-state index contributed by atoms with van der Waals surface area (Å²) in [5.41, 5.74) is 4.87. The van der Waals surface area contributed by atoms with Crippen LogP contribution in [0.15, 0.2) is 82.2 Å². The lowest BCUT2D eigenvalue weighted by Crippen LogP contribution is -2.53. The molecule has 0 bridgehead atoms. The summed E-state index contributed by atoms with van der Waals surface area (Å²) in [5, 5.41) is 4.08. The zero-order valence-corrected chi connectivity index (χ0v) is 20.9. The smallest absolute Gasteiger partial charge is 0.258 e. The van der Waals surface area contributed by atoms with Crippen LogP contribution in [0, 0.1) is 13.8 Å². The predicted octanol–water partition coefficient (Wildman–Crippen LogP) is 4.92. The van der Waals surface area contributed by atoms with Crippen molar-refractivity contribution >= 4 is 15.7 Å². The van der Waals surface area contributed by atoms with Gasteiger partial charge in [-0.05, 0) is 56.7 Å². The molecular weight excluding hydrogens is 460 g/mol. The first-order chi connectivity index (χ1) is 16.8. The molecule has 0 aliphatic carbocycles. The summed E-state index contributed by atoms with van der Waals surface area (Å²) in [6.07, 6.45) is 0. The zero-order valence-electron chi connectivity index (χ0n) is 20.0. The molecule has 4 aromatic rings. The zero-order chi connectivity index (χ0) is 24.6. The van der Waals surface area contributed by atoms with Crippen molar-refractivity contribution in [3.05, 3.63) is 83.9 Å². The van der Waals surface area contributed by atoms with Crippen LogP contribution < -0.4 is 4.90 Å². The Kier molecular flexibility index (Phi) is 6.17. The van der Waals surface area contributed by atoms with E-state index in [1.807, 2.05) is 37.3 Å². The van der Waals surface area contributed by atoms with E-state index in [4.69, 9.17) is 4.52 Å². The number of anilines is 1. The highest BCUT2D eigenvalue weighted by Gasteiger charge is 2.32. The number of nitrogens with zero attached hydrogens (tertiary/aromatic N) is 4. The third kappa shape index (κ3) is 4.72. The minimum Gasteiger partial charge on any atom is -0.366 e. The van der Waals surface area contributed by atoms with Gasteiger partial charge in [0, 0.05) is 42.5 Å². The SMILES string of the molecule is Cc1ccc(-c2noc(-c3cccc(S(=O)(=O)N4CCN(c5cccc(C)c5)C(C)C4)c3)n2)cc1.